The van der Waals surface area contributed by atoms with Crippen molar-refractivity contribution in [2.45, 2.75) is 32.6 Å². The van der Waals surface area contributed by atoms with E-state index in [1.165, 1.54) is 16.3 Å². The zero-order valence-electron chi connectivity index (χ0n) is 15.0. The number of fused-ring (bicyclic) bond motifs is 1. The summed E-state index contributed by atoms with van der Waals surface area (Å²) in [4.78, 5) is 14.2. The zero-order valence-corrected chi connectivity index (χ0v) is 15.0. The van der Waals surface area contributed by atoms with Crippen LogP contribution in [0, 0.1) is 5.41 Å². The average molecular weight is 340 g/mol. The maximum Gasteiger partial charge on any atom is 0.317 e. The van der Waals surface area contributed by atoms with Crippen LogP contribution in [0.25, 0.3) is 10.8 Å². The Hall–Kier alpha value is -2.07. The summed E-state index contributed by atoms with van der Waals surface area (Å²) in [5.41, 5.74) is 1.25. The van der Waals surface area contributed by atoms with Crippen molar-refractivity contribution in [3.05, 3.63) is 48.0 Å². The van der Waals surface area contributed by atoms with Gasteiger partial charge in [0.25, 0.3) is 0 Å². The molecule has 2 aromatic rings. The number of hydrogen-bond acceptors (Lipinski definition) is 2. The smallest absolute Gasteiger partial charge is 0.317 e. The first-order valence-electron chi connectivity index (χ1n) is 9.27. The SMILES string of the molecule is CCC1(CO)CCN(C(=O)NCCc2ccc3ccccc3c2)CC1. The number of nitrogens with zero attached hydrogens (tertiary/aromatic N) is 1. The molecule has 0 bridgehead atoms. The number of piperidine rings is 1. The highest BCUT2D eigenvalue weighted by molar-refractivity contribution is 5.83. The van der Waals surface area contributed by atoms with Gasteiger partial charge in [-0.15, -0.1) is 0 Å². The first-order chi connectivity index (χ1) is 12.2. The first-order valence-corrected chi connectivity index (χ1v) is 9.27. The van der Waals surface area contributed by atoms with Gasteiger partial charge in [-0.05, 0) is 47.4 Å². The quantitative estimate of drug-likeness (QED) is 0.874. The van der Waals surface area contributed by atoms with Gasteiger partial charge >= 0.3 is 6.03 Å². The summed E-state index contributed by atoms with van der Waals surface area (Å²) in [6.45, 7) is 4.45. The molecule has 0 saturated carbocycles. The van der Waals surface area contributed by atoms with Gasteiger partial charge in [-0.3, -0.25) is 0 Å². The molecule has 134 valence electrons. The van der Waals surface area contributed by atoms with E-state index in [0.29, 0.717) is 6.54 Å². The third kappa shape index (κ3) is 4.13. The first kappa shape index (κ1) is 17.7. The van der Waals surface area contributed by atoms with Gasteiger partial charge in [-0.25, -0.2) is 4.79 Å². The number of likely N-dealkylation sites (tertiary alicyclic amines) is 1. The van der Waals surface area contributed by atoms with Crippen LogP contribution in [-0.4, -0.2) is 42.3 Å². The van der Waals surface area contributed by atoms with Gasteiger partial charge in [0.1, 0.15) is 0 Å². The molecule has 1 saturated heterocycles. The normalized spacial score (nSPS) is 16.8. The van der Waals surface area contributed by atoms with E-state index < -0.39 is 0 Å². The molecule has 25 heavy (non-hydrogen) atoms. The summed E-state index contributed by atoms with van der Waals surface area (Å²) in [6, 6.07) is 14.8. The maximum absolute atomic E-state index is 12.3. The van der Waals surface area contributed by atoms with Crippen LogP contribution in [0.3, 0.4) is 0 Å². The second kappa shape index (κ2) is 7.87. The predicted molar refractivity (Wildman–Crippen MR) is 102 cm³/mol. The number of aliphatic hydroxyl groups excluding tert-OH is 1. The van der Waals surface area contributed by atoms with Crippen molar-refractivity contribution in [3.8, 4) is 0 Å². The van der Waals surface area contributed by atoms with Gasteiger partial charge in [0.2, 0.25) is 0 Å². The molecule has 1 aliphatic rings. The molecule has 0 atom stereocenters. The molecule has 0 aromatic heterocycles. The van der Waals surface area contributed by atoms with Crippen molar-refractivity contribution >= 4 is 16.8 Å². The maximum atomic E-state index is 12.3. The number of amides is 2. The van der Waals surface area contributed by atoms with Crippen LogP contribution in [-0.2, 0) is 6.42 Å². The summed E-state index contributed by atoms with van der Waals surface area (Å²) in [6.07, 6.45) is 3.58. The molecule has 0 radical (unpaired) electrons. The number of carbonyl (C=O) groups excluding carboxylic acids is 1. The molecule has 1 heterocycles. The Labute approximate surface area is 149 Å². The molecular formula is C21H28N2O2. The lowest BCUT2D eigenvalue weighted by atomic mass is 9.77. The summed E-state index contributed by atoms with van der Waals surface area (Å²) in [7, 11) is 0. The third-order valence-electron chi connectivity index (χ3n) is 5.70. The Morgan fingerprint density at radius 1 is 1.16 bits per heavy atom. The van der Waals surface area contributed by atoms with E-state index in [-0.39, 0.29) is 18.1 Å². The second-order valence-corrected chi connectivity index (χ2v) is 7.16. The van der Waals surface area contributed by atoms with E-state index in [1.54, 1.807) is 0 Å². The van der Waals surface area contributed by atoms with Crippen LogP contribution in [0.1, 0.15) is 31.7 Å². The lowest BCUT2D eigenvalue weighted by Gasteiger charge is -2.40. The molecule has 1 aliphatic heterocycles. The summed E-state index contributed by atoms with van der Waals surface area (Å²) < 4.78 is 0. The molecule has 2 aromatic carbocycles. The monoisotopic (exact) mass is 340 g/mol. The van der Waals surface area contributed by atoms with E-state index >= 15 is 0 Å². The minimum Gasteiger partial charge on any atom is -0.396 e. The summed E-state index contributed by atoms with van der Waals surface area (Å²) >= 11 is 0. The second-order valence-electron chi connectivity index (χ2n) is 7.16. The Kier molecular flexibility index (Phi) is 5.59. The average Bonchev–Trinajstić information content (AvgIpc) is 2.68. The largest absolute Gasteiger partial charge is 0.396 e. The molecular weight excluding hydrogens is 312 g/mol. The molecule has 2 N–H and O–H groups in total. The Morgan fingerprint density at radius 3 is 2.56 bits per heavy atom. The number of rotatable bonds is 5. The Morgan fingerprint density at radius 2 is 1.88 bits per heavy atom. The van der Waals surface area contributed by atoms with Gasteiger partial charge in [0.15, 0.2) is 0 Å². The van der Waals surface area contributed by atoms with Crippen LogP contribution in [0.5, 0.6) is 0 Å². The van der Waals surface area contributed by atoms with Crippen LogP contribution in [0.4, 0.5) is 4.79 Å². The molecule has 0 aliphatic carbocycles. The predicted octanol–water partition coefficient (Wildman–Crippen LogP) is 3.58. The Balaban J connectivity index is 1.48. The summed E-state index contributed by atoms with van der Waals surface area (Å²) in [5.74, 6) is 0. The van der Waals surface area contributed by atoms with E-state index in [2.05, 4.69) is 42.6 Å². The molecule has 1 fully saturated rings. The van der Waals surface area contributed by atoms with E-state index in [1.807, 2.05) is 17.0 Å². The fourth-order valence-electron chi connectivity index (χ4n) is 3.63. The van der Waals surface area contributed by atoms with E-state index in [4.69, 9.17) is 0 Å². The number of nitrogens with one attached hydrogen (secondary N) is 1. The van der Waals surface area contributed by atoms with Gasteiger partial charge in [-0.2, -0.15) is 0 Å². The number of aliphatic hydroxyl groups is 1. The van der Waals surface area contributed by atoms with Crippen molar-refractivity contribution < 1.29 is 9.90 Å². The van der Waals surface area contributed by atoms with E-state index in [9.17, 15) is 9.90 Å². The number of hydrogen-bond donors (Lipinski definition) is 2. The van der Waals surface area contributed by atoms with Crippen molar-refractivity contribution in [3.63, 3.8) is 0 Å². The van der Waals surface area contributed by atoms with Crippen molar-refractivity contribution in [2.24, 2.45) is 5.41 Å². The number of urea groups is 1. The van der Waals surface area contributed by atoms with Crippen molar-refractivity contribution in [1.82, 2.24) is 10.2 Å². The van der Waals surface area contributed by atoms with Crippen LogP contribution < -0.4 is 5.32 Å². The highest BCUT2D eigenvalue weighted by Crippen LogP contribution is 2.34. The number of carbonyl (C=O) groups is 1. The standard InChI is InChI=1S/C21H28N2O2/c1-2-21(16-24)10-13-23(14-11-21)20(25)22-12-9-17-7-8-18-5-3-4-6-19(18)15-17/h3-8,15,24H,2,9-14,16H2,1H3,(H,22,25). The lowest BCUT2D eigenvalue weighted by Crippen LogP contribution is -2.48. The fourth-order valence-corrected chi connectivity index (χ4v) is 3.63. The third-order valence-corrected chi connectivity index (χ3v) is 5.70. The highest BCUT2D eigenvalue weighted by atomic mass is 16.3. The van der Waals surface area contributed by atoms with Crippen molar-refractivity contribution in [1.29, 1.82) is 0 Å². The van der Waals surface area contributed by atoms with Gasteiger partial charge in [-0.1, -0.05) is 49.4 Å². The fraction of sp³-hybridized carbons (Fsp3) is 0.476. The minimum absolute atomic E-state index is 0.0157. The molecule has 0 unspecified atom stereocenters. The minimum atomic E-state index is 0.0157. The van der Waals surface area contributed by atoms with Crippen LogP contribution in [0.15, 0.2) is 42.5 Å². The van der Waals surface area contributed by atoms with Gasteiger partial charge < -0.3 is 15.3 Å². The number of benzene rings is 2. The van der Waals surface area contributed by atoms with Crippen LogP contribution in [0.2, 0.25) is 0 Å². The summed E-state index contributed by atoms with van der Waals surface area (Å²) in [5, 5.41) is 15.1. The topological polar surface area (TPSA) is 52.6 Å². The van der Waals surface area contributed by atoms with Crippen LogP contribution >= 0.6 is 0 Å². The van der Waals surface area contributed by atoms with E-state index in [0.717, 1.165) is 38.8 Å². The molecule has 4 nitrogen and oxygen atoms in total. The van der Waals surface area contributed by atoms with Crippen molar-refractivity contribution in [2.75, 3.05) is 26.2 Å². The molecule has 3 rings (SSSR count). The molecule has 4 heteroatoms. The van der Waals surface area contributed by atoms with Gasteiger partial charge in [0, 0.05) is 26.2 Å². The Bertz CT molecular complexity index is 715. The molecule has 0 spiro atoms. The van der Waals surface area contributed by atoms with Gasteiger partial charge in [0.05, 0.1) is 0 Å². The zero-order chi connectivity index (χ0) is 17.7. The highest BCUT2D eigenvalue weighted by Gasteiger charge is 2.33. The molecule has 2 amide bonds. The lowest BCUT2D eigenvalue weighted by molar-refractivity contribution is 0.0520.